The number of esters is 1. The van der Waals surface area contributed by atoms with E-state index in [2.05, 4.69) is 4.98 Å². The van der Waals surface area contributed by atoms with Crippen LogP contribution in [0.2, 0.25) is 4.34 Å². The number of hydrogen-bond acceptors (Lipinski definition) is 5. The molecule has 138 valence electrons. The summed E-state index contributed by atoms with van der Waals surface area (Å²) in [5, 5.41) is 1.10. The van der Waals surface area contributed by atoms with Crippen LogP contribution in [0.1, 0.15) is 12.6 Å². The quantitative estimate of drug-likeness (QED) is 0.425. The second-order valence-corrected chi connectivity index (χ2v) is 7.74. The SMILES string of the molecule is CCOC(=O)Cc1nc(-c2cc3ccccc3n2C)oc1-c1ccc(Cl)s1. The van der Waals surface area contributed by atoms with Crippen molar-refractivity contribution in [3.63, 3.8) is 0 Å². The molecule has 5 nitrogen and oxygen atoms in total. The van der Waals surface area contributed by atoms with Crippen LogP contribution in [0.4, 0.5) is 0 Å². The Balaban J connectivity index is 1.82. The highest BCUT2D eigenvalue weighted by atomic mass is 35.5. The van der Waals surface area contributed by atoms with Crippen molar-refractivity contribution in [2.75, 3.05) is 6.61 Å². The number of rotatable bonds is 5. The normalized spacial score (nSPS) is 11.2. The largest absolute Gasteiger partial charge is 0.466 e. The van der Waals surface area contributed by atoms with Crippen molar-refractivity contribution >= 4 is 39.8 Å². The van der Waals surface area contributed by atoms with E-state index < -0.39 is 0 Å². The fourth-order valence-corrected chi connectivity index (χ4v) is 4.10. The molecule has 0 radical (unpaired) electrons. The number of nitrogens with zero attached hydrogens (tertiary/aromatic N) is 2. The van der Waals surface area contributed by atoms with Gasteiger partial charge in [-0.2, -0.15) is 0 Å². The molecule has 1 aromatic carbocycles. The van der Waals surface area contributed by atoms with Crippen LogP contribution in [0.15, 0.2) is 46.9 Å². The maximum absolute atomic E-state index is 12.0. The highest BCUT2D eigenvalue weighted by Gasteiger charge is 2.22. The first kappa shape index (κ1) is 17.8. The van der Waals surface area contributed by atoms with Gasteiger partial charge >= 0.3 is 5.97 Å². The lowest BCUT2D eigenvalue weighted by Gasteiger charge is -2.00. The van der Waals surface area contributed by atoms with Crippen LogP contribution < -0.4 is 0 Å². The first-order valence-electron chi connectivity index (χ1n) is 8.52. The van der Waals surface area contributed by atoms with E-state index >= 15 is 0 Å². The Morgan fingerprint density at radius 3 is 2.81 bits per heavy atom. The molecule has 0 spiro atoms. The van der Waals surface area contributed by atoms with Crippen molar-refractivity contribution in [2.24, 2.45) is 7.05 Å². The zero-order valence-corrected chi connectivity index (χ0v) is 16.4. The lowest BCUT2D eigenvalue weighted by atomic mass is 10.2. The summed E-state index contributed by atoms with van der Waals surface area (Å²) in [5.74, 6) is 0.686. The number of hydrogen-bond donors (Lipinski definition) is 0. The maximum Gasteiger partial charge on any atom is 0.312 e. The van der Waals surface area contributed by atoms with Gasteiger partial charge in [-0.3, -0.25) is 4.79 Å². The molecule has 0 aliphatic rings. The molecular formula is C20H17ClN2O3S. The van der Waals surface area contributed by atoms with Gasteiger partial charge in [-0.25, -0.2) is 4.98 Å². The number of fused-ring (bicyclic) bond motifs is 1. The number of aromatic nitrogens is 2. The van der Waals surface area contributed by atoms with Gasteiger partial charge in [-0.05, 0) is 31.2 Å². The number of benzene rings is 1. The summed E-state index contributed by atoms with van der Waals surface area (Å²) in [6.07, 6.45) is 0.0478. The number of para-hydroxylation sites is 1. The Labute approximate surface area is 165 Å². The molecule has 3 aromatic heterocycles. The molecule has 0 N–H and O–H groups in total. The van der Waals surface area contributed by atoms with Gasteiger partial charge in [0.25, 0.3) is 0 Å². The smallest absolute Gasteiger partial charge is 0.312 e. The molecule has 0 amide bonds. The van der Waals surface area contributed by atoms with E-state index in [9.17, 15) is 4.79 Å². The summed E-state index contributed by atoms with van der Waals surface area (Å²) in [6, 6.07) is 13.8. The summed E-state index contributed by atoms with van der Waals surface area (Å²) in [7, 11) is 1.97. The number of ether oxygens (including phenoxy) is 1. The van der Waals surface area contributed by atoms with Crippen molar-refractivity contribution in [1.29, 1.82) is 0 Å². The van der Waals surface area contributed by atoms with Crippen molar-refractivity contribution in [3.8, 4) is 22.2 Å². The molecule has 4 aromatic rings. The Hall–Kier alpha value is -2.57. The van der Waals surface area contributed by atoms with Gasteiger partial charge in [0.2, 0.25) is 5.89 Å². The minimum Gasteiger partial charge on any atom is -0.466 e. The Kier molecular flexibility index (Phi) is 4.76. The van der Waals surface area contributed by atoms with Crippen LogP contribution in [-0.4, -0.2) is 22.1 Å². The molecule has 0 aliphatic heterocycles. The Bertz CT molecular complexity index is 1130. The van der Waals surface area contributed by atoms with Crippen LogP contribution in [-0.2, 0) is 23.0 Å². The van der Waals surface area contributed by atoms with E-state index in [0.717, 1.165) is 21.5 Å². The second kappa shape index (κ2) is 7.21. The summed E-state index contributed by atoms with van der Waals surface area (Å²) in [4.78, 5) is 17.5. The number of aryl methyl sites for hydroxylation is 1. The first-order chi connectivity index (χ1) is 13.1. The predicted octanol–water partition coefficient (Wildman–Crippen LogP) is 5.32. The van der Waals surface area contributed by atoms with Gasteiger partial charge in [-0.1, -0.05) is 29.8 Å². The molecule has 3 heterocycles. The highest BCUT2D eigenvalue weighted by molar-refractivity contribution is 7.19. The zero-order chi connectivity index (χ0) is 19.0. The van der Waals surface area contributed by atoms with Crippen molar-refractivity contribution in [3.05, 3.63) is 52.5 Å². The fraction of sp³-hybridized carbons (Fsp3) is 0.200. The zero-order valence-electron chi connectivity index (χ0n) is 14.9. The number of thiophene rings is 1. The van der Waals surface area contributed by atoms with Crippen LogP contribution in [0.5, 0.6) is 0 Å². The minimum atomic E-state index is -0.335. The molecule has 0 atom stereocenters. The summed E-state index contributed by atoms with van der Waals surface area (Å²) in [5.41, 5.74) is 2.47. The Morgan fingerprint density at radius 1 is 1.30 bits per heavy atom. The van der Waals surface area contributed by atoms with E-state index in [1.54, 1.807) is 13.0 Å². The highest BCUT2D eigenvalue weighted by Crippen LogP contribution is 2.37. The second-order valence-electron chi connectivity index (χ2n) is 6.03. The molecule has 0 aliphatic carbocycles. The number of carbonyl (C=O) groups is 1. The first-order valence-corrected chi connectivity index (χ1v) is 9.72. The maximum atomic E-state index is 12.0. The van der Waals surface area contributed by atoms with Crippen molar-refractivity contribution < 1.29 is 13.9 Å². The standard InChI is InChI=1S/C20H17ClN2O3S/c1-3-25-18(24)11-13-19(16-8-9-17(21)27-16)26-20(22-13)15-10-12-6-4-5-7-14(12)23(15)2/h4-10H,3,11H2,1-2H3. The predicted molar refractivity (Wildman–Crippen MR) is 107 cm³/mol. The van der Waals surface area contributed by atoms with Gasteiger partial charge in [0.05, 0.1) is 27.9 Å². The molecule has 7 heteroatoms. The fourth-order valence-electron chi connectivity index (χ4n) is 3.05. The monoisotopic (exact) mass is 400 g/mol. The minimum absolute atomic E-state index is 0.0478. The van der Waals surface area contributed by atoms with Crippen LogP contribution in [0, 0.1) is 0 Å². The molecule has 0 saturated carbocycles. The average Bonchev–Trinajstić information content (AvgIpc) is 3.33. The van der Waals surface area contributed by atoms with Crippen LogP contribution in [0.25, 0.3) is 33.1 Å². The molecule has 0 unspecified atom stereocenters. The third kappa shape index (κ3) is 3.38. The van der Waals surface area contributed by atoms with Crippen molar-refractivity contribution in [1.82, 2.24) is 9.55 Å². The Morgan fingerprint density at radius 2 is 2.11 bits per heavy atom. The third-order valence-electron chi connectivity index (χ3n) is 4.28. The van der Waals surface area contributed by atoms with Gasteiger partial charge in [-0.15, -0.1) is 11.3 Å². The molecular weight excluding hydrogens is 384 g/mol. The summed E-state index contributed by atoms with van der Waals surface area (Å²) < 4.78 is 13.9. The van der Waals surface area contributed by atoms with Gasteiger partial charge < -0.3 is 13.7 Å². The lowest BCUT2D eigenvalue weighted by molar-refractivity contribution is -0.142. The van der Waals surface area contributed by atoms with Gasteiger partial charge in [0, 0.05) is 18.0 Å². The third-order valence-corrected chi connectivity index (χ3v) is 5.51. The van der Waals surface area contributed by atoms with E-state index in [1.165, 1.54) is 11.3 Å². The molecule has 0 saturated heterocycles. The van der Waals surface area contributed by atoms with Crippen LogP contribution >= 0.6 is 22.9 Å². The number of halogens is 1. The number of carbonyl (C=O) groups excluding carboxylic acids is 1. The van der Waals surface area contributed by atoms with E-state index in [-0.39, 0.29) is 12.4 Å². The molecule has 4 rings (SSSR count). The molecule has 27 heavy (non-hydrogen) atoms. The van der Waals surface area contributed by atoms with Gasteiger partial charge in [0.1, 0.15) is 5.69 Å². The van der Waals surface area contributed by atoms with Gasteiger partial charge in [0.15, 0.2) is 5.76 Å². The number of oxazole rings is 1. The lowest BCUT2D eigenvalue weighted by Crippen LogP contribution is -2.08. The van der Waals surface area contributed by atoms with E-state index in [0.29, 0.717) is 28.3 Å². The average molecular weight is 401 g/mol. The van der Waals surface area contributed by atoms with Crippen LogP contribution in [0.3, 0.4) is 0 Å². The van der Waals surface area contributed by atoms with Crippen molar-refractivity contribution in [2.45, 2.75) is 13.3 Å². The van der Waals surface area contributed by atoms with E-state index in [4.69, 9.17) is 20.8 Å². The molecule has 0 fully saturated rings. The molecule has 0 bridgehead atoms. The summed E-state index contributed by atoms with van der Waals surface area (Å²) in [6.45, 7) is 2.11. The summed E-state index contributed by atoms with van der Waals surface area (Å²) >= 11 is 7.47. The van der Waals surface area contributed by atoms with E-state index in [1.807, 2.05) is 48.0 Å². The topological polar surface area (TPSA) is 57.3 Å².